The molecule has 2 unspecified atom stereocenters. The normalized spacial score (nSPS) is 20.1. The Bertz CT molecular complexity index is 1970. The number of rotatable bonds is 12. The molecule has 3 aliphatic rings. The van der Waals surface area contributed by atoms with E-state index in [0.717, 1.165) is 0 Å². The molecule has 2 atom stereocenters. The van der Waals surface area contributed by atoms with Crippen LogP contribution in [0.25, 0.3) is 0 Å². The molecule has 0 N–H and O–H groups in total. The van der Waals surface area contributed by atoms with Crippen LogP contribution < -0.4 is 10.4 Å². The van der Waals surface area contributed by atoms with Gasteiger partial charge in [0.2, 0.25) is 0 Å². The van der Waals surface area contributed by atoms with E-state index in [1.165, 1.54) is 21.9 Å². The molecule has 0 amide bonds. The van der Waals surface area contributed by atoms with E-state index < -0.39 is 62.4 Å². The highest BCUT2D eigenvalue weighted by Crippen LogP contribution is 2.55. The van der Waals surface area contributed by atoms with Gasteiger partial charge >= 0.3 is 0 Å². The topological polar surface area (TPSA) is 9.23 Å². The molecule has 7 rings (SSSR count). The van der Waals surface area contributed by atoms with E-state index in [1.807, 2.05) is 0 Å². The molecule has 8 heteroatoms. The molecule has 0 saturated carbocycles. The Morgan fingerprint density at radius 3 is 1.23 bits per heavy atom. The summed E-state index contributed by atoms with van der Waals surface area (Å²) in [6.07, 6.45) is 2.64. The zero-order valence-corrected chi connectivity index (χ0v) is 46.1. The highest BCUT2D eigenvalue weighted by Gasteiger charge is 2.62. The van der Waals surface area contributed by atoms with Gasteiger partial charge in [-0.1, -0.05) is 227 Å². The van der Waals surface area contributed by atoms with Crippen molar-refractivity contribution in [3.8, 4) is 0 Å². The van der Waals surface area contributed by atoms with Gasteiger partial charge in [0.05, 0.1) is 0 Å². The Morgan fingerprint density at radius 2 is 0.842 bits per heavy atom. The maximum absolute atomic E-state index is 8.64. The van der Waals surface area contributed by atoms with Gasteiger partial charge < -0.3 is 4.43 Å². The van der Waals surface area contributed by atoms with Crippen LogP contribution in [0.4, 0.5) is 0 Å². The molecule has 306 valence electrons. The lowest BCUT2D eigenvalue weighted by Gasteiger charge is -2.57. The molecule has 0 spiro atoms. The third kappa shape index (κ3) is 8.05. The summed E-state index contributed by atoms with van der Waals surface area (Å²) in [5.41, 5.74) is 11.2. The van der Waals surface area contributed by atoms with E-state index in [0.29, 0.717) is 15.5 Å². The number of benzene rings is 4. The van der Waals surface area contributed by atoms with Crippen LogP contribution in [0.1, 0.15) is 54.8 Å². The lowest BCUT2D eigenvalue weighted by molar-refractivity contribution is 0.0802. The average Bonchev–Trinajstić information content (AvgIpc) is 3.05. The summed E-state index contributed by atoms with van der Waals surface area (Å²) in [6.45, 7) is 48.3. The highest BCUT2D eigenvalue weighted by molar-refractivity contribution is 7.05. The van der Waals surface area contributed by atoms with E-state index >= 15 is 0 Å². The lowest BCUT2D eigenvalue weighted by atomic mass is 9.72. The summed E-state index contributed by atoms with van der Waals surface area (Å²) < 4.78 is 8.64. The third-order valence-corrected chi connectivity index (χ3v) is 44.9. The number of hydrogen-bond donors (Lipinski definition) is 0. The van der Waals surface area contributed by atoms with Crippen LogP contribution in [0.15, 0.2) is 109 Å². The Labute approximate surface area is 356 Å². The fraction of sp³-hybridized carbons (Fsp3) is 0.469. The summed E-state index contributed by atoms with van der Waals surface area (Å²) in [5.74, 6) is 0.0803. The first-order valence-corrected chi connectivity index (χ1v) is 45.3. The standard InChI is InChI=1S/C49H76OSi7/c1-51(2,3)46(52(4,5)6)37-35-41(47(53(7,8)9)54(10,11)12)45(42(36-37)48(55(13,14)15)56(16,17)18)57-34-33-43(40-31-25-26-32-44(40)57)49(50-57,38-27-21-19-22-28-38)39-29-23-20-24-30-39/h19-36,43,46-48H,1-18H3. The largest absolute Gasteiger partial charge is 0.390 e. The third-order valence-electron chi connectivity index (χ3n) is 13.1. The minimum Gasteiger partial charge on any atom is -0.390 e. The van der Waals surface area contributed by atoms with Crippen molar-refractivity contribution in [2.45, 2.75) is 145 Å². The van der Waals surface area contributed by atoms with Crippen molar-refractivity contribution in [1.82, 2.24) is 0 Å². The second-order valence-electron chi connectivity index (χ2n) is 24.3. The van der Waals surface area contributed by atoms with Crippen molar-refractivity contribution in [1.29, 1.82) is 0 Å². The van der Waals surface area contributed by atoms with Crippen molar-refractivity contribution in [2.24, 2.45) is 0 Å². The first kappa shape index (κ1) is 44.6. The van der Waals surface area contributed by atoms with E-state index in [4.69, 9.17) is 4.43 Å². The molecule has 2 bridgehead atoms. The van der Waals surface area contributed by atoms with Crippen molar-refractivity contribution in [3.05, 3.63) is 142 Å². The Morgan fingerprint density at radius 1 is 0.474 bits per heavy atom. The van der Waals surface area contributed by atoms with Gasteiger partial charge in [-0.3, -0.25) is 0 Å². The van der Waals surface area contributed by atoms with E-state index in [-0.39, 0.29) is 5.92 Å². The van der Waals surface area contributed by atoms with Gasteiger partial charge in [0.15, 0.2) is 0 Å². The summed E-state index contributed by atoms with van der Waals surface area (Å²) in [5, 5.41) is 5.00. The predicted octanol–water partition coefficient (Wildman–Crippen LogP) is 13.4. The molecule has 4 aromatic carbocycles. The fourth-order valence-corrected chi connectivity index (χ4v) is 56.4. The molecule has 3 aliphatic heterocycles. The van der Waals surface area contributed by atoms with E-state index in [2.05, 4.69) is 227 Å². The summed E-state index contributed by atoms with van der Waals surface area (Å²) in [7, 11) is -13.6. The minimum atomic E-state index is -3.14. The van der Waals surface area contributed by atoms with Gasteiger partial charge in [-0.15, -0.1) is 0 Å². The maximum Gasteiger partial charge on any atom is 0.282 e. The Kier molecular flexibility index (Phi) is 11.7. The molecule has 3 heterocycles. The minimum absolute atomic E-state index is 0.0803. The molecule has 0 fully saturated rings. The summed E-state index contributed by atoms with van der Waals surface area (Å²) in [4.78, 5) is 0. The summed E-state index contributed by atoms with van der Waals surface area (Å²) in [6, 6.07) is 38.0. The lowest BCUT2D eigenvalue weighted by Crippen LogP contribution is -2.73. The van der Waals surface area contributed by atoms with Crippen LogP contribution in [0.3, 0.4) is 0 Å². The van der Waals surface area contributed by atoms with E-state index in [9.17, 15) is 0 Å². The second-order valence-corrected chi connectivity index (χ2v) is 60.9. The van der Waals surface area contributed by atoms with E-state index in [1.54, 1.807) is 21.9 Å². The van der Waals surface area contributed by atoms with Crippen LogP contribution in [0.2, 0.25) is 118 Å². The Balaban J connectivity index is 1.92. The van der Waals surface area contributed by atoms with Crippen molar-refractivity contribution in [2.75, 3.05) is 0 Å². The molecule has 57 heavy (non-hydrogen) atoms. The first-order chi connectivity index (χ1) is 26.1. The maximum atomic E-state index is 8.64. The van der Waals surface area contributed by atoms with Gasteiger partial charge in [0.1, 0.15) is 5.60 Å². The van der Waals surface area contributed by atoms with Gasteiger partial charge in [0, 0.05) is 54.4 Å². The molecule has 0 saturated heterocycles. The molecule has 0 radical (unpaired) electrons. The zero-order valence-electron chi connectivity index (χ0n) is 39.1. The first-order valence-electron chi connectivity index (χ1n) is 21.8. The number of hydrogen-bond acceptors (Lipinski definition) is 1. The SMILES string of the molecule is C[Si](C)(C)C(c1cc(C([Si](C)(C)C)[Si](C)(C)C)c([Si]23C=CC(c4ccccc42)C(c2ccccc2)(c2ccccc2)O3)c(C([Si](C)(C)C)[Si](C)(C)C)c1)[Si](C)(C)C. The average molecular weight is 878 g/mol. The van der Waals surface area contributed by atoms with Crippen LogP contribution >= 0.6 is 0 Å². The smallest absolute Gasteiger partial charge is 0.282 e. The Hall–Kier alpha value is -1.90. The van der Waals surface area contributed by atoms with Crippen LogP contribution in [0, 0.1) is 0 Å². The predicted molar refractivity (Wildman–Crippen MR) is 273 cm³/mol. The quantitative estimate of drug-likeness (QED) is 0.129. The molecule has 4 aromatic rings. The van der Waals surface area contributed by atoms with Gasteiger partial charge in [-0.2, -0.15) is 0 Å². The second kappa shape index (κ2) is 14.9. The monoisotopic (exact) mass is 876 g/mol. The van der Waals surface area contributed by atoms with Crippen LogP contribution in [-0.2, 0) is 10.0 Å². The number of fused-ring (bicyclic) bond motifs is 1. The van der Waals surface area contributed by atoms with Crippen molar-refractivity contribution in [3.63, 3.8) is 0 Å². The molecule has 0 aromatic heterocycles. The van der Waals surface area contributed by atoms with Gasteiger partial charge in [0.25, 0.3) is 8.32 Å². The van der Waals surface area contributed by atoms with Crippen LogP contribution in [-0.4, -0.2) is 56.8 Å². The molecule has 1 nitrogen and oxygen atoms in total. The molecule has 0 aliphatic carbocycles. The molecular formula is C49H76OSi7. The zero-order chi connectivity index (χ0) is 42.4. The van der Waals surface area contributed by atoms with Gasteiger partial charge in [-0.05, 0) is 59.2 Å². The molecular weight excluding hydrogens is 801 g/mol. The van der Waals surface area contributed by atoms with Crippen LogP contribution in [0.5, 0.6) is 0 Å². The fourth-order valence-electron chi connectivity index (χ4n) is 13.1. The summed E-state index contributed by atoms with van der Waals surface area (Å²) >= 11 is 0. The van der Waals surface area contributed by atoms with Crippen molar-refractivity contribution < 1.29 is 4.43 Å². The van der Waals surface area contributed by atoms with Gasteiger partial charge in [-0.25, -0.2) is 0 Å². The van der Waals surface area contributed by atoms with Crippen molar-refractivity contribution >= 4 is 67.1 Å². The highest BCUT2D eigenvalue weighted by atomic mass is 28.4.